The zero-order valence-electron chi connectivity index (χ0n) is 16.3. The molecule has 0 unspecified atom stereocenters. The highest BCUT2D eigenvalue weighted by atomic mass is 16.5. The highest BCUT2D eigenvalue weighted by Gasteiger charge is 2.10. The maximum atomic E-state index is 12.4. The van der Waals surface area contributed by atoms with Crippen LogP contribution in [0.2, 0.25) is 0 Å². The molecule has 0 atom stereocenters. The maximum Gasteiger partial charge on any atom is 0.267 e. The Balaban J connectivity index is 1.29. The standard InChI is InChI=1S/C23H23N3O3/c1-2-28-18-10-9-17-14-20(26-19(17)15-18)23(27)25-12-5-13-29-21-8-3-6-16-7-4-11-24-22(16)21/h3-4,6-11,14-15,26H,2,5,12-13H2,1H3,(H,25,27). The summed E-state index contributed by atoms with van der Waals surface area (Å²) in [6.45, 7) is 3.58. The molecule has 29 heavy (non-hydrogen) atoms. The van der Waals surface area contributed by atoms with Gasteiger partial charge >= 0.3 is 0 Å². The summed E-state index contributed by atoms with van der Waals surface area (Å²) in [5.74, 6) is 1.41. The largest absolute Gasteiger partial charge is 0.494 e. The normalized spacial score (nSPS) is 10.9. The van der Waals surface area contributed by atoms with Crippen molar-refractivity contribution in [1.82, 2.24) is 15.3 Å². The number of carbonyl (C=O) groups is 1. The van der Waals surface area contributed by atoms with Crippen molar-refractivity contribution >= 4 is 27.7 Å². The number of aromatic amines is 1. The second-order valence-electron chi connectivity index (χ2n) is 6.65. The number of benzene rings is 2. The van der Waals surface area contributed by atoms with Crippen LogP contribution < -0.4 is 14.8 Å². The minimum Gasteiger partial charge on any atom is -0.494 e. The molecule has 0 spiro atoms. The van der Waals surface area contributed by atoms with Gasteiger partial charge < -0.3 is 19.8 Å². The van der Waals surface area contributed by atoms with Crippen molar-refractivity contribution in [3.05, 3.63) is 66.5 Å². The Morgan fingerprint density at radius 2 is 1.97 bits per heavy atom. The second-order valence-corrected chi connectivity index (χ2v) is 6.65. The molecule has 0 radical (unpaired) electrons. The highest BCUT2D eigenvalue weighted by molar-refractivity contribution is 5.98. The van der Waals surface area contributed by atoms with Gasteiger partial charge in [0.05, 0.1) is 13.2 Å². The number of nitrogens with zero attached hydrogens (tertiary/aromatic N) is 1. The van der Waals surface area contributed by atoms with Crippen LogP contribution in [0.3, 0.4) is 0 Å². The number of para-hydroxylation sites is 1. The van der Waals surface area contributed by atoms with Crippen LogP contribution in [0.25, 0.3) is 21.8 Å². The molecular formula is C23H23N3O3. The summed E-state index contributed by atoms with van der Waals surface area (Å²) in [5, 5.41) is 4.95. The average Bonchev–Trinajstić information content (AvgIpc) is 3.17. The van der Waals surface area contributed by atoms with Gasteiger partial charge in [0.25, 0.3) is 5.91 Å². The molecule has 0 fully saturated rings. The second kappa shape index (κ2) is 8.65. The number of H-pyrrole nitrogens is 1. The van der Waals surface area contributed by atoms with Crippen molar-refractivity contribution in [3.63, 3.8) is 0 Å². The van der Waals surface area contributed by atoms with Crippen molar-refractivity contribution in [1.29, 1.82) is 0 Å². The van der Waals surface area contributed by atoms with Gasteiger partial charge in [-0.3, -0.25) is 9.78 Å². The number of nitrogens with one attached hydrogen (secondary N) is 2. The van der Waals surface area contributed by atoms with Crippen LogP contribution in [0.15, 0.2) is 60.8 Å². The quantitative estimate of drug-likeness (QED) is 0.440. The molecule has 4 rings (SSSR count). The van der Waals surface area contributed by atoms with E-state index in [2.05, 4.69) is 15.3 Å². The van der Waals surface area contributed by atoms with Gasteiger partial charge in [-0.1, -0.05) is 18.2 Å². The van der Waals surface area contributed by atoms with E-state index < -0.39 is 0 Å². The number of pyridine rings is 1. The van der Waals surface area contributed by atoms with Crippen LogP contribution in [-0.2, 0) is 0 Å². The number of carbonyl (C=O) groups excluding carboxylic acids is 1. The van der Waals surface area contributed by atoms with E-state index in [1.165, 1.54) is 0 Å². The summed E-state index contributed by atoms with van der Waals surface area (Å²) < 4.78 is 11.4. The first-order valence-electron chi connectivity index (χ1n) is 9.75. The van der Waals surface area contributed by atoms with Crippen LogP contribution in [-0.4, -0.2) is 35.6 Å². The molecule has 2 N–H and O–H groups in total. The van der Waals surface area contributed by atoms with Crippen LogP contribution >= 0.6 is 0 Å². The van der Waals surface area contributed by atoms with Crippen LogP contribution in [0.4, 0.5) is 0 Å². The minimum absolute atomic E-state index is 0.133. The van der Waals surface area contributed by atoms with Crippen LogP contribution in [0, 0.1) is 0 Å². The number of hydrogen-bond acceptors (Lipinski definition) is 4. The number of amides is 1. The predicted octanol–water partition coefficient (Wildman–Crippen LogP) is 4.31. The molecule has 6 heteroatoms. The Labute approximate surface area is 168 Å². The molecule has 0 saturated carbocycles. The Kier molecular flexibility index (Phi) is 5.61. The number of aromatic nitrogens is 2. The molecule has 0 saturated heterocycles. The Hall–Kier alpha value is -3.54. The fraction of sp³-hybridized carbons (Fsp3) is 0.217. The number of ether oxygens (including phenoxy) is 2. The fourth-order valence-electron chi connectivity index (χ4n) is 3.23. The third-order valence-corrected chi connectivity index (χ3v) is 4.61. The third kappa shape index (κ3) is 4.32. The summed E-state index contributed by atoms with van der Waals surface area (Å²) >= 11 is 0. The lowest BCUT2D eigenvalue weighted by Gasteiger charge is -2.09. The summed E-state index contributed by atoms with van der Waals surface area (Å²) in [7, 11) is 0. The van der Waals surface area contributed by atoms with Crippen LogP contribution in [0.1, 0.15) is 23.8 Å². The Bertz CT molecular complexity index is 1130. The minimum atomic E-state index is -0.133. The van der Waals surface area contributed by atoms with Crippen molar-refractivity contribution in [2.24, 2.45) is 0 Å². The number of hydrogen-bond donors (Lipinski definition) is 2. The van der Waals surface area contributed by atoms with E-state index in [-0.39, 0.29) is 5.91 Å². The maximum absolute atomic E-state index is 12.4. The van der Waals surface area contributed by atoms with E-state index in [4.69, 9.17) is 9.47 Å². The summed E-state index contributed by atoms with van der Waals surface area (Å²) in [6.07, 6.45) is 2.46. The zero-order valence-corrected chi connectivity index (χ0v) is 16.3. The van der Waals surface area contributed by atoms with Gasteiger partial charge in [-0.05, 0) is 43.7 Å². The molecule has 0 aliphatic rings. The molecule has 0 aliphatic heterocycles. The lowest BCUT2D eigenvalue weighted by atomic mass is 10.2. The van der Waals surface area contributed by atoms with Crippen molar-refractivity contribution < 1.29 is 14.3 Å². The third-order valence-electron chi connectivity index (χ3n) is 4.61. The molecule has 2 aromatic carbocycles. The van der Waals surface area contributed by atoms with E-state index in [1.807, 2.05) is 61.5 Å². The van der Waals surface area contributed by atoms with E-state index in [1.54, 1.807) is 6.20 Å². The van der Waals surface area contributed by atoms with Gasteiger partial charge in [0.2, 0.25) is 0 Å². The van der Waals surface area contributed by atoms with Gasteiger partial charge in [0.15, 0.2) is 0 Å². The van der Waals surface area contributed by atoms with Crippen molar-refractivity contribution in [3.8, 4) is 11.5 Å². The molecule has 0 aliphatic carbocycles. The molecular weight excluding hydrogens is 366 g/mol. The topological polar surface area (TPSA) is 76.2 Å². The molecule has 1 amide bonds. The monoisotopic (exact) mass is 389 g/mol. The Morgan fingerprint density at radius 3 is 2.86 bits per heavy atom. The average molecular weight is 389 g/mol. The summed E-state index contributed by atoms with van der Waals surface area (Å²) in [4.78, 5) is 19.9. The Morgan fingerprint density at radius 1 is 1.07 bits per heavy atom. The molecule has 4 aromatic rings. The zero-order chi connectivity index (χ0) is 20.1. The number of fused-ring (bicyclic) bond motifs is 2. The highest BCUT2D eigenvalue weighted by Crippen LogP contribution is 2.23. The lowest BCUT2D eigenvalue weighted by Crippen LogP contribution is -2.25. The first-order valence-corrected chi connectivity index (χ1v) is 9.75. The van der Waals surface area contributed by atoms with Crippen molar-refractivity contribution in [2.45, 2.75) is 13.3 Å². The first kappa shape index (κ1) is 18.8. The van der Waals surface area contributed by atoms with Gasteiger partial charge in [0, 0.05) is 35.1 Å². The van der Waals surface area contributed by atoms with E-state index in [0.29, 0.717) is 31.9 Å². The summed E-state index contributed by atoms with van der Waals surface area (Å²) in [5.41, 5.74) is 2.27. The van der Waals surface area contributed by atoms with Crippen LogP contribution in [0.5, 0.6) is 11.5 Å². The molecule has 2 heterocycles. The fourth-order valence-corrected chi connectivity index (χ4v) is 3.23. The SMILES string of the molecule is CCOc1ccc2cc(C(=O)NCCCOc3cccc4cccnc34)[nH]c2c1. The van der Waals surface area contributed by atoms with Gasteiger partial charge in [-0.25, -0.2) is 0 Å². The van der Waals surface area contributed by atoms with Gasteiger partial charge in [0.1, 0.15) is 22.7 Å². The number of rotatable bonds is 8. The van der Waals surface area contributed by atoms with Crippen molar-refractivity contribution in [2.75, 3.05) is 19.8 Å². The summed E-state index contributed by atoms with van der Waals surface area (Å²) in [6, 6.07) is 17.4. The molecule has 148 valence electrons. The van der Waals surface area contributed by atoms with E-state index in [0.717, 1.165) is 33.3 Å². The van der Waals surface area contributed by atoms with Gasteiger partial charge in [-0.15, -0.1) is 0 Å². The smallest absolute Gasteiger partial charge is 0.267 e. The predicted molar refractivity (Wildman–Crippen MR) is 114 cm³/mol. The molecule has 0 bridgehead atoms. The lowest BCUT2D eigenvalue weighted by molar-refractivity contribution is 0.0947. The molecule has 6 nitrogen and oxygen atoms in total. The van der Waals surface area contributed by atoms with E-state index >= 15 is 0 Å². The first-order chi connectivity index (χ1) is 14.2. The van der Waals surface area contributed by atoms with E-state index in [9.17, 15) is 4.79 Å². The molecule has 2 aromatic heterocycles. The van der Waals surface area contributed by atoms with Gasteiger partial charge in [-0.2, -0.15) is 0 Å².